The van der Waals surface area contributed by atoms with Crippen molar-refractivity contribution in [3.8, 4) is 0 Å². The van der Waals surface area contributed by atoms with Crippen LogP contribution < -0.4 is 5.32 Å². The molecule has 3 rings (SSSR count). The second-order valence-electron chi connectivity index (χ2n) is 5.24. The SMILES string of the molecule is O=C1CCCc2cc(C(Br)c3cccc(I)c3)ccc2N1. The minimum atomic E-state index is 0.120. The Morgan fingerprint density at radius 1 is 1.10 bits per heavy atom. The first-order chi connectivity index (χ1) is 10.1. The molecule has 108 valence electrons. The summed E-state index contributed by atoms with van der Waals surface area (Å²) >= 11 is 6.13. The third-order valence-electron chi connectivity index (χ3n) is 3.69. The Morgan fingerprint density at radius 3 is 2.71 bits per heavy atom. The van der Waals surface area contributed by atoms with Gasteiger partial charge >= 0.3 is 0 Å². The summed E-state index contributed by atoms with van der Waals surface area (Å²) in [6, 6.07) is 14.8. The first-order valence-electron chi connectivity index (χ1n) is 6.96. The number of aryl methyl sites for hydroxylation is 1. The van der Waals surface area contributed by atoms with Gasteiger partial charge in [0.05, 0.1) is 4.83 Å². The summed E-state index contributed by atoms with van der Waals surface area (Å²) in [5, 5.41) is 2.98. The molecule has 0 saturated heterocycles. The van der Waals surface area contributed by atoms with E-state index in [1.54, 1.807) is 0 Å². The average molecular weight is 456 g/mol. The topological polar surface area (TPSA) is 29.1 Å². The summed E-state index contributed by atoms with van der Waals surface area (Å²) in [6.45, 7) is 0. The quantitative estimate of drug-likeness (QED) is 0.498. The van der Waals surface area contributed by atoms with E-state index < -0.39 is 0 Å². The third-order valence-corrected chi connectivity index (χ3v) is 5.42. The summed E-state index contributed by atoms with van der Waals surface area (Å²) in [7, 11) is 0. The zero-order valence-electron chi connectivity index (χ0n) is 11.4. The molecule has 1 atom stereocenters. The Kier molecular flexibility index (Phi) is 4.64. The van der Waals surface area contributed by atoms with Crippen molar-refractivity contribution >= 4 is 50.1 Å². The molecule has 0 saturated carbocycles. The molecule has 1 aliphatic rings. The van der Waals surface area contributed by atoms with Gasteiger partial charge in [0.15, 0.2) is 0 Å². The fourth-order valence-electron chi connectivity index (χ4n) is 2.61. The molecule has 1 aliphatic heterocycles. The van der Waals surface area contributed by atoms with Crippen LogP contribution in [0.3, 0.4) is 0 Å². The Hall–Kier alpha value is -0.880. The number of carbonyl (C=O) groups excluding carboxylic acids is 1. The van der Waals surface area contributed by atoms with E-state index in [4.69, 9.17) is 0 Å². The first-order valence-corrected chi connectivity index (χ1v) is 8.95. The lowest BCUT2D eigenvalue weighted by atomic mass is 9.99. The number of alkyl halides is 1. The molecular weight excluding hydrogens is 441 g/mol. The van der Waals surface area contributed by atoms with E-state index in [-0.39, 0.29) is 10.7 Å². The Bertz CT molecular complexity index is 686. The molecule has 2 aromatic rings. The number of amides is 1. The maximum Gasteiger partial charge on any atom is 0.224 e. The van der Waals surface area contributed by atoms with E-state index in [1.807, 2.05) is 6.07 Å². The van der Waals surface area contributed by atoms with E-state index in [1.165, 1.54) is 20.3 Å². The third kappa shape index (κ3) is 3.48. The fraction of sp³-hybridized carbons (Fsp3) is 0.235. The van der Waals surface area contributed by atoms with E-state index >= 15 is 0 Å². The van der Waals surface area contributed by atoms with Crippen LogP contribution in [0.2, 0.25) is 0 Å². The fourth-order valence-corrected chi connectivity index (χ4v) is 3.75. The van der Waals surface area contributed by atoms with E-state index in [2.05, 4.69) is 80.2 Å². The van der Waals surface area contributed by atoms with Gasteiger partial charge in [0.25, 0.3) is 0 Å². The minimum absolute atomic E-state index is 0.120. The lowest BCUT2D eigenvalue weighted by Crippen LogP contribution is -2.09. The van der Waals surface area contributed by atoms with Crippen LogP contribution in [-0.2, 0) is 11.2 Å². The van der Waals surface area contributed by atoms with Crippen LogP contribution in [0.15, 0.2) is 42.5 Å². The largest absolute Gasteiger partial charge is 0.326 e. The molecule has 0 radical (unpaired) electrons. The maximum atomic E-state index is 11.6. The standard InChI is InChI=1S/C17H15BrINO/c18-17(12-4-1-5-14(19)10-12)13-7-8-15-11(9-13)3-2-6-16(21)20-15/h1,4-5,7-10,17H,2-3,6H2,(H,20,21). The molecule has 1 unspecified atom stereocenters. The van der Waals surface area contributed by atoms with Gasteiger partial charge in [-0.15, -0.1) is 0 Å². The average Bonchev–Trinajstić information content (AvgIpc) is 2.66. The molecule has 2 nitrogen and oxygen atoms in total. The highest BCUT2D eigenvalue weighted by atomic mass is 127. The normalized spacial score (nSPS) is 15.8. The van der Waals surface area contributed by atoms with Crippen molar-refractivity contribution in [2.24, 2.45) is 0 Å². The van der Waals surface area contributed by atoms with Gasteiger partial charge in [-0.05, 0) is 70.3 Å². The highest BCUT2D eigenvalue weighted by Gasteiger charge is 2.16. The first kappa shape index (κ1) is 15.0. The zero-order chi connectivity index (χ0) is 14.8. The highest BCUT2D eigenvalue weighted by Crippen LogP contribution is 2.34. The molecule has 1 N–H and O–H groups in total. The molecule has 4 heteroatoms. The number of nitrogens with one attached hydrogen (secondary N) is 1. The summed E-state index contributed by atoms with van der Waals surface area (Å²) < 4.78 is 1.23. The van der Waals surface area contributed by atoms with Crippen molar-refractivity contribution in [3.63, 3.8) is 0 Å². The summed E-state index contributed by atoms with van der Waals surface area (Å²) in [4.78, 5) is 11.8. The van der Waals surface area contributed by atoms with E-state index in [0.29, 0.717) is 6.42 Å². The second kappa shape index (κ2) is 6.48. The lowest BCUT2D eigenvalue weighted by molar-refractivity contribution is -0.116. The van der Waals surface area contributed by atoms with Gasteiger partial charge in [-0.3, -0.25) is 4.79 Å². The second-order valence-corrected chi connectivity index (χ2v) is 7.40. The van der Waals surface area contributed by atoms with E-state index in [0.717, 1.165) is 18.5 Å². The maximum absolute atomic E-state index is 11.6. The number of anilines is 1. The molecule has 0 bridgehead atoms. The molecule has 0 spiro atoms. The predicted octanol–water partition coefficient (Wildman–Crippen LogP) is 5.05. The predicted molar refractivity (Wildman–Crippen MR) is 97.9 cm³/mol. The molecule has 2 aromatic carbocycles. The molecule has 0 fully saturated rings. The number of benzene rings is 2. The van der Waals surface area contributed by atoms with Crippen LogP contribution in [-0.4, -0.2) is 5.91 Å². The van der Waals surface area contributed by atoms with Crippen molar-refractivity contribution in [1.82, 2.24) is 0 Å². The summed E-state index contributed by atoms with van der Waals surface area (Å²) in [6.07, 6.45) is 2.48. The zero-order valence-corrected chi connectivity index (χ0v) is 15.1. The number of hydrogen-bond donors (Lipinski definition) is 1. The van der Waals surface area contributed by atoms with Crippen molar-refractivity contribution in [2.45, 2.75) is 24.1 Å². The van der Waals surface area contributed by atoms with Gasteiger partial charge in [-0.25, -0.2) is 0 Å². The number of fused-ring (bicyclic) bond motifs is 1. The van der Waals surface area contributed by atoms with Crippen LogP contribution in [0.5, 0.6) is 0 Å². The van der Waals surface area contributed by atoms with Crippen LogP contribution in [0.1, 0.15) is 34.4 Å². The van der Waals surface area contributed by atoms with Gasteiger partial charge in [-0.1, -0.05) is 40.2 Å². The van der Waals surface area contributed by atoms with Crippen LogP contribution in [0, 0.1) is 3.57 Å². The summed E-state index contributed by atoms with van der Waals surface area (Å²) in [5.41, 5.74) is 4.67. The molecular formula is C17H15BrINO. The number of halogens is 2. The Labute approximate surface area is 146 Å². The number of rotatable bonds is 2. The van der Waals surface area contributed by atoms with E-state index in [9.17, 15) is 4.79 Å². The molecule has 1 amide bonds. The van der Waals surface area contributed by atoms with Crippen molar-refractivity contribution < 1.29 is 4.79 Å². The number of hydrogen-bond acceptors (Lipinski definition) is 1. The molecule has 0 aliphatic carbocycles. The summed E-state index contributed by atoms with van der Waals surface area (Å²) in [5.74, 6) is 0.120. The van der Waals surface area contributed by atoms with Crippen LogP contribution >= 0.6 is 38.5 Å². The highest BCUT2D eigenvalue weighted by molar-refractivity contribution is 14.1. The number of carbonyl (C=O) groups is 1. The van der Waals surface area contributed by atoms with Gasteiger partial charge in [0, 0.05) is 15.7 Å². The van der Waals surface area contributed by atoms with Crippen molar-refractivity contribution in [2.75, 3.05) is 5.32 Å². The Balaban J connectivity index is 1.93. The Morgan fingerprint density at radius 2 is 1.90 bits per heavy atom. The van der Waals surface area contributed by atoms with Crippen LogP contribution in [0.4, 0.5) is 5.69 Å². The van der Waals surface area contributed by atoms with Gasteiger partial charge in [0.1, 0.15) is 0 Å². The minimum Gasteiger partial charge on any atom is -0.326 e. The van der Waals surface area contributed by atoms with Crippen molar-refractivity contribution in [3.05, 3.63) is 62.7 Å². The van der Waals surface area contributed by atoms with Gasteiger partial charge < -0.3 is 5.32 Å². The lowest BCUT2D eigenvalue weighted by Gasteiger charge is -2.14. The smallest absolute Gasteiger partial charge is 0.224 e. The molecule has 0 aromatic heterocycles. The van der Waals surface area contributed by atoms with Gasteiger partial charge in [0.2, 0.25) is 5.91 Å². The van der Waals surface area contributed by atoms with Gasteiger partial charge in [-0.2, -0.15) is 0 Å². The van der Waals surface area contributed by atoms with Crippen LogP contribution in [0.25, 0.3) is 0 Å². The molecule has 1 heterocycles. The van der Waals surface area contributed by atoms with Crippen molar-refractivity contribution in [1.29, 1.82) is 0 Å². The monoisotopic (exact) mass is 455 g/mol. The molecule has 21 heavy (non-hydrogen) atoms.